The van der Waals surface area contributed by atoms with Gasteiger partial charge < -0.3 is 19.7 Å². The number of benzene rings is 1. The molecule has 0 amide bonds. The molecule has 0 bridgehead atoms. The second kappa shape index (κ2) is 11.4. The van der Waals surface area contributed by atoms with E-state index < -0.39 is 0 Å². The first-order valence-corrected chi connectivity index (χ1v) is 13.4. The van der Waals surface area contributed by atoms with Gasteiger partial charge in [0.05, 0.1) is 25.4 Å². The summed E-state index contributed by atoms with van der Waals surface area (Å²) in [6.45, 7) is 6.57. The lowest BCUT2D eigenvalue weighted by Gasteiger charge is -2.29. The third-order valence-corrected chi connectivity index (χ3v) is 7.84. The SMILES string of the molecule is CC1CCC(Nc2ncc(-c3ccc(N4CCOCC4)cc3)c(OCC3CCCCC3)n2)CC1. The van der Waals surface area contributed by atoms with E-state index in [2.05, 4.69) is 41.4 Å². The fraction of sp³-hybridized carbons (Fsp3) is 0.643. The number of nitrogens with zero attached hydrogens (tertiary/aromatic N) is 3. The molecule has 0 unspecified atom stereocenters. The second-order valence-corrected chi connectivity index (χ2v) is 10.5. The molecule has 6 nitrogen and oxygen atoms in total. The molecule has 184 valence electrons. The van der Waals surface area contributed by atoms with Gasteiger partial charge in [-0.05, 0) is 68.1 Å². The van der Waals surface area contributed by atoms with E-state index in [-0.39, 0.29) is 0 Å². The van der Waals surface area contributed by atoms with Gasteiger partial charge >= 0.3 is 0 Å². The lowest BCUT2D eigenvalue weighted by molar-refractivity contribution is 0.122. The molecule has 1 aromatic carbocycles. The molecule has 3 aliphatic rings. The highest BCUT2D eigenvalue weighted by atomic mass is 16.5. The zero-order chi connectivity index (χ0) is 23.2. The first-order chi connectivity index (χ1) is 16.7. The zero-order valence-electron chi connectivity index (χ0n) is 20.7. The van der Waals surface area contributed by atoms with Crippen molar-refractivity contribution in [1.29, 1.82) is 0 Å². The van der Waals surface area contributed by atoms with E-state index in [4.69, 9.17) is 19.4 Å². The Morgan fingerprint density at radius 2 is 1.71 bits per heavy atom. The molecule has 0 atom stereocenters. The van der Waals surface area contributed by atoms with Crippen LogP contribution >= 0.6 is 0 Å². The molecule has 2 heterocycles. The minimum atomic E-state index is 0.459. The summed E-state index contributed by atoms with van der Waals surface area (Å²) in [5.41, 5.74) is 3.32. The summed E-state index contributed by atoms with van der Waals surface area (Å²) in [5.74, 6) is 2.88. The van der Waals surface area contributed by atoms with Crippen molar-refractivity contribution in [2.75, 3.05) is 43.1 Å². The number of rotatable bonds is 7. The maximum Gasteiger partial charge on any atom is 0.226 e. The minimum absolute atomic E-state index is 0.459. The summed E-state index contributed by atoms with van der Waals surface area (Å²) in [5, 5.41) is 3.59. The highest BCUT2D eigenvalue weighted by molar-refractivity contribution is 5.70. The largest absolute Gasteiger partial charge is 0.477 e. The van der Waals surface area contributed by atoms with Crippen molar-refractivity contribution in [3.05, 3.63) is 30.5 Å². The molecule has 0 spiro atoms. The summed E-state index contributed by atoms with van der Waals surface area (Å²) >= 11 is 0. The summed E-state index contributed by atoms with van der Waals surface area (Å²) < 4.78 is 11.9. The van der Waals surface area contributed by atoms with Crippen LogP contribution < -0.4 is 15.0 Å². The molecule has 2 aliphatic carbocycles. The van der Waals surface area contributed by atoms with Crippen LogP contribution in [0.15, 0.2) is 30.5 Å². The Bertz CT molecular complexity index is 899. The van der Waals surface area contributed by atoms with Crippen LogP contribution in [-0.2, 0) is 4.74 Å². The van der Waals surface area contributed by atoms with Gasteiger partial charge in [0.1, 0.15) is 0 Å². The predicted octanol–water partition coefficient (Wildman–Crippen LogP) is 5.93. The van der Waals surface area contributed by atoms with Crippen LogP contribution in [0.2, 0.25) is 0 Å². The number of aromatic nitrogens is 2. The summed E-state index contributed by atoms with van der Waals surface area (Å²) in [6.07, 6.45) is 13.4. The van der Waals surface area contributed by atoms with Gasteiger partial charge in [-0.15, -0.1) is 0 Å². The van der Waals surface area contributed by atoms with Gasteiger partial charge in [0.2, 0.25) is 11.8 Å². The average Bonchev–Trinajstić information content (AvgIpc) is 2.90. The molecule has 0 radical (unpaired) electrons. The molecule has 2 aromatic rings. The van der Waals surface area contributed by atoms with Crippen molar-refractivity contribution in [2.24, 2.45) is 11.8 Å². The van der Waals surface area contributed by atoms with E-state index in [9.17, 15) is 0 Å². The van der Waals surface area contributed by atoms with Gasteiger partial charge in [-0.2, -0.15) is 4.98 Å². The number of ether oxygens (including phenoxy) is 2. The fourth-order valence-electron chi connectivity index (χ4n) is 5.55. The van der Waals surface area contributed by atoms with Crippen molar-refractivity contribution in [3.63, 3.8) is 0 Å². The highest BCUT2D eigenvalue weighted by Crippen LogP contribution is 2.33. The van der Waals surface area contributed by atoms with E-state index in [1.807, 2.05) is 6.20 Å². The van der Waals surface area contributed by atoms with E-state index in [1.165, 1.54) is 63.5 Å². The monoisotopic (exact) mass is 464 g/mol. The van der Waals surface area contributed by atoms with Gasteiger partial charge in [0.15, 0.2) is 0 Å². The Morgan fingerprint density at radius 3 is 2.44 bits per heavy atom. The van der Waals surface area contributed by atoms with Crippen LogP contribution in [0.5, 0.6) is 5.88 Å². The molecular formula is C28H40N4O2. The van der Waals surface area contributed by atoms with Crippen LogP contribution in [0.4, 0.5) is 11.6 Å². The van der Waals surface area contributed by atoms with E-state index >= 15 is 0 Å². The maximum absolute atomic E-state index is 6.41. The first-order valence-electron chi connectivity index (χ1n) is 13.4. The Balaban J connectivity index is 1.33. The molecular weight excluding hydrogens is 424 g/mol. The lowest BCUT2D eigenvalue weighted by atomic mass is 9.87. The van der Waals surface area contributed by atoms with Crippen LogP contribution in [0.3, 0.4) is 0 Å². The van der Waals surface area contributed by atoms with Gasteiger partial charge in [-0.25, -0.2) is 4.98 Å². The third-order valence-electron chi connectivity index (χ3n) is 7.84. The third kappa shape index (κ3) is 6.01. The lowest BCUT2D eigenvalue weighted by Crippen LogP contribution is -2.36. The second-order valence-electron chi connectivity index (χ2n) is 10.5. The van der Waals surface area contributed by atoms with E-state index in [0.717, 1.165) is 50.0 Å². The summed E-state index contributed by atoms with van der Waals surface area (Å²) in [7, 11) is 0. The number of hydrogen-bond donors (Lipinski definition) is 1. The van der Waals surface area contributed by atoms with Crippen molar-refractivity contribution in [2.45, 2.75) is 70.8 Å². The molecule has 1 aliphatic heterocycles. The molecule has 1 saturated heterocycles. The quantitative estimate of drug-likeness (QED) is 0.548. The fourth-order valence-corrected chi connectivity index (χ4v) is 5.55. The number of nitrogens with one attached hydrogen (secondary N) is 1. The molecule has 2 saturated carbocycles. The van der Waals surface area contributed by atoms with Crippen molar-refractivity contribution >= 4 is 11.6 Å². The molecule has 3 fully saturated rings. The Kier molecular flexibility index (Phi) is 7.84. The van der Waals surface area contributed by atoms with E-state index in [1.54, 1.807) is 0 Å². The van der Waals surface area contributed by atoms with Crippen LogP contribution in [0.25, 0.3) is 11.1 Å². The van der Waals surface area contributed by atoms with Crippen LogP contribution in [-0.4, -0.2) is 48.9 Å². The minimum Gasteiger partial charge on any atom is -0.477 e. The Morgan fingerprint density at radius 1 is 0.971 bits per heavy atom. The summed E-state index contributed by atoms with van der Waals surface area (Å²) in [4.78, 5) is 12.0. The van der Waals surface area contributed by atoms with Gasteiger partial charge in [-0.3, -0.25) is 0 Å². The number of hydrogen-bond acceptors (Lipinski definition) is 6. The smallest absolute Gasteiger partial charge is 0.226 e. The van der Waals surface area contributed by atoms with Gasteiger partial charge in [0.25, 0.3) is 0 Å². The molecule has 1 N–H and O–H groups in total. The molecule has 34 heavy (non-hydrogen) atoms. The van der Waals surface area contributed by atoms with Crippen molar-refractivity contribution in [3.8, 4) is 17.0 Å². The number of anilines is 2. The van der Waals surface area contributed by atoms with Gasteiger partial charge in [-0.1, -0.05) is 38.3 Å². The summed E-state index contributed by atoms with van der Waals surface area (Å²) in [6, 6.07) is 9.20. The van der Waals surface area contributed by atoms with Crippen LogP contribution in [0.1, 0.15) is 64.7 Å². The zero-order valence-corrected chi connectivity index (χ0v) is 20.7. The highest BCUT2D eigenvalue weighted by Gasteiger charge is 2.21. The van der Waals surface area contributed by atoms with Crippen molar-refractivity contribution < 1.29 is 9.47 Å². The Hall–Kier alpha value is -2.34. The first kappa shape index (κ1) is 23.4. The van der Waals surface area contributed by atoms with Crippen molar-refractivity contribution in [1.82, 2.24) is 9.97 Å². The van der Waals surface area contributed by atoms with E-state index in [0.29, 0.717) is 23.8 Å². The number of morpholine rings is 1. The standard InChI is InChI=1S/C28H40N4O2/c1-21-7-11-24(12-8-21)30-28-29-19-26(27(31-28)34-20-22-5-3-2-4-6-22)23-9-13-25(14-10-23)32-15-17-33-18-16-32/h9-10,13-14,19,21-22,24H,2-8,11-12,15-18,20H2,1H3,(H,29,30,31). The van der Waals surface area contributed by atoms with Gasteiger partial charge in [0, 0.05) is 31.0 Å². The molecule has 1 aromatic heterocycles. The predicted molar refractivity (Wildman–Crippen MR) is 138 cm³/mol. The molecule has 6 heteroatoms. The normalized spacial score (nSPS) is 24.1. The topological polar surface area (TPSA) is 59.5 Å². The average molecular weight is 465 g/mol. The Labute approximate surface area is 204 Å². The van der Waals surface area contributed by atoms with Crippen LogP contribution in [0, 0.1) is 11.8 Å². The molecule has 5 rings (SSSR count). The maximum atomic E-state index is 6.41.